The van der Waals surface area contributed by atoms with Crippen LogP contribution in [0.15, 0.2) is 39.2 Å². The second-order valence-corrected chi connectivity index (χ2v) is 7.12. The Labute approximate surface area is 133 Å². The molecule has 0 bridgehead atoms. The summed E-state index contributed by atoms with van der Waals surface area (Å²) in [6.45, 7) is 0.770. The predicted octanol–water partition coefficient (Wildman–Crippen LogP) is 2.98. The zero-order chi connectivity index (χ0) is 14.8. The summed E-state index contributed by atoms with van der Waals surface area (Å²) in [6, 6.07) is 7.61. The average Bonchev–Trinajstić information content (AvgIpc) is 2.86. The molecule has 3 rings (SSSR count). The van der Waals surface area contributed by atoms with Gasteiger partial charge in [-0.3, -0.25) is 4.79 Å². The molecule has 0 saturated heterocycles. The van der Waals surface area contributed by atoms with E-state index in [0.717, 1.165) is 22.4 Å². The van der Waals surface area contributed by atoms with E-state index >= 15 is 0 Å². The molecule has 0 radical (unpaired) electrons. The molecule has 2 heterocycles. The third kappa shape index (κ3) is 3.08. The van der Waals surface area contributed by atoms with E-state index in [2.05, 4.69) is 37.3 Å². The molecule has 0 atom stereocenters. The molecule has 0 fully saturated rings. The summed E-state index contributed by atoms with van der Waals surface area (Å²) in [7, 11) is 0. The Balaban J connectivity index is 1.77. The lowest BCUT2D eigenvalue weighted by atomic mass is 10.2. The number of benzene rings is 1. The van der Waals surface area contributed by atoms with Crippen LogP contribution in [0.3, 0.4) is 0 Å². The molecule has 1 aromatic carbocycles. The minimum absolute atomic E-state index is 0.179. The SMILES string of the molecule is Nc1cc2c(=O)[nH]cnc2cc1NCCc1ccc(Br)s1. The molecule has 21 heavy (non-hydrogen) atoms. The number of halogens is 1. The molecule has 3 aromatic rings. The second kappa shape index (κ2) is 5.87. The minimum Gasteiger partial charge on any atom is -0.397 e. The topological polar surface area (TPSA) is 83.8 Å². The number of rotatable bonds is 4. The van der Waals surface area contributed by atoms with Crippen LogP contribution in [0.4, 0.5) is 11.4 Å². The molecule has 0 saturated carbocycles. The van der Waals surface area contributed by atoms with Gasteiger partial charge in [0.05, 0.1) is 32.4 Å². The molecular formula is C14H13BrN4OS. The van der Waals surface area contributed by atoms with E-state index in [0.29, 0.717) is 16.6 Å². The van der Waals surface area contributed by atoms with Gasteiger partial charge >= 0.3 is 0 Å². The maximum atomic E-state index is 11.7. The molecule has 7 heteroatoms. The van der Waals surface area contributed by atoms with Crippen molar-refractivity contribution in [2.75, 3.05) is 17.6 Å². The first kappa shape index (κ1) is 14.1. The zero-order valence-corrected chi connectivity index (χ0v) is 13.4. The van der Waals surface area contributed by atoms with Gasteiger partial charge in [-0.2, -0.15) is 0 Å². The van der Waals surface area contributed by atoms with Crippen molar-refractivity contribution in [3.8, 4) is 0 Å². The van der Waals surface area contributed by atoms with E-state index in [9.17, 15) is 4.79 Å². The summed E-state index contributed by atoms with van der Waals surface area (Å²) < 4.78 is 1.13. The lowest BCUT2D eigenvalue weighted by Gasteiger charge is -2.09. The lowest BCUT2D eigenvalue weighted by Crippen LogP contribution is -2.10. The molecule has 0 aliphatic heterocycles. The van der Waals surface area contributed by atoms with Gasteiger partial charge in [0.25, 0.3) is 5.56 Å². The summed E-state index contributed by atoms with van der Waals surface area (Å²) in [6.07, 6.45) is 2.31. The smallest absolute Gasteiger partial charge is 0.258 e. The van der Waals surface area contributed by atoms with Crippen molar-refractivity contribution in [2.24, 2.45) is 0 Å². The molecule has 5 nitrogen and oxygen atoms in total. The summed E-state index contributed by atoms with van der Waals surface area (Å²) in [4.78, 5) is 19.7. The molecule has 0 aliphatic carbocycles. The highest BCUT2D eigenvalue weighted by molar-refractivity contribution is 9.11. The van der Waals surface area contributed by atoms with Crippen molar-refractivity contribution < 1.29 is 0 Å². The van der Waals surface area contributed by atoms with Crippen molar-refractivity contribution >= 4 is 49.5 Å². The van der Waals surface area contributed by atoms with Gasteiger partial charge in [0, 0.05) is 11.4 Å². The molecular weight excluding hydrogens is 352 g/mol. The normalized spacial score (nSPS) is 10.9. The Hall–Kier alpha value is -1.86. The minimum atomic E-state index is -0.179. The molecule has 2 aromatic heterocycles. The van der Waals surface area contributed by atoms with E-state index in [4.69, 9.17) is 5.73 Å². The van der Waals surface area contributed by atoms with E-state index in [-0.39, 0.29) is 5.56 Å². The largest absolute Gasteiger partial charge is 0.397 e. The second-order valence-electron chi connectivity index (χ2n) is 4.57. The summed E-state index contributed by atoms with van der Waals surface area (Å²) >= 11 is 5.17. The molecule has 4 N–H and O–H groups in total. The van der Waals surface area contributed by atoms with Gasteiger partial charge in [0.15, 0.2) is 0 Å². The van der Waals surface area contributed by atoms with Gasteiger partial charge in [-0.1, -0.05) is 0 Å². The van der Waals surface area contributed by atoms with Crippen LogP contribution >= 0.6 is 27.3 Å². The summed E-state index contributed by atoms with van der Waals surface area (Å²) in [5.41, 5.74) is 7.80. The van der Waals surface area contributed by atoms with Gasteiger partial charge in [-0.15, -0.1) is 11.3 Å². The van der Waals surface area contributed by atoms with Gasteiger partial charge < -0.3 is 16.0 Å². The molecule has 0 amide bonds. The fourth-order valence-corrected chi connectivity index (χ4v) is 3.57. The van der Waals surface area contributed by atoms with Crippen molar-refractivity contribution in [1.82, 2.24) is 9.97 Å². The highest BCUT2D eigenvalue weighted by Crippen LogP contribution is 2.24. The zero-order valence-electron chi connectivity index (χ0n) is 11.0. The summed E-state index contributed by atoms with van der Waals surface area (Å²) in [5, 5.41) is 3.80. The quantitative estimate of drug-likeness (QED) is 0.621. The average molecular weight is 365 g/mol. The fourth-order valence-electron chi connectivity index (χ4n) is 2.09. The van der Waals surface area contributed by atoms with Crippen molar-refractivity contribution in [3.05, 3.63) is 49.6 Å². The number of aromatic amines is 1. The monoisotopic (exact) mass is 364 g/mol. The fraction of sp³-hybridized carbons (Fsp3) is 0.143. The van der Waals surface area contributed by atoms with Crippen LogP contribution in [0.2, 0.25) is 0 Å². The Morgan fingerprint density at radius 1 is 1.38 bits per heavy atom. The Kier molecular flexibility index (Phi) is 3.94. The number of anilines is 2. The van der Waals surface area contributed by atoms with E-state index in [1.165, 1.54) is 11.2 Å². The Bertz CT molecular complexity index is 842. The number of aromatic nitrogens is 2. The standard InChI is InChI=1S/C14H13BrN4OS/c15-13-2-1-8(21-13)3-4-17-12-6-11-9(5-10(12)16)14(20)19-7-18-11/h1-2,5-7,17H,3-4,16H2,(H,18,19,20). The van der Waals surface area contributed by atoms with Crippen LogP contribution in [-0.4, -0.2) is 16.5 Å². The number of hydrogen-bond donors (Lipinski definition) is 3. The Morgan fingerprint density at radius 3 is 3.00 bits per heavy atom. The van der Waals surface area contributed by atoms with E-state index in [1.807, 2.05) is 12.1 Å². The number of H-pyrrole nitrogens is 1. The first-order valence-electron chi connectivity index (χ1n) is 6.38. The van der Waals surface area contributed by atoms with Crippen LogP contribution in [0.25, 0.3) is 10.9 Å². The third-order valence-electron chi connectivity index (χ3n) is 3.13. The van der Waals surface area contributed by atoms with Crippen LogP contribution < -0.4 is 16.6 Å². The molecule has 0 unspecified atom stereocenters. The van der Waals surface area contributed by atoms with Crippen LogP contribution in [0, 0.1) is 0 Å². The highest BCUT2D eigenvalue weighted by atomic mass is 79.9. The Morgan fingerprint density at radius 2 is 2.24 bits per heavy atom. The first-order chi connectivity index (χ1) is 10.1. The van der Waals surface area contributed by atoms with Crippen molar-refractivity contribution in [3.63, 3.8) is 0 Å². The number of hydrogen-bond acceptors (Lipinski definition) is 5. The van der Waals surface area contributed by atoms with E-state index < -0.39 is 0 Å². The molecule has 0 aliphatic rings. The maximum absolute atomic E-state index is 11.7. The van der Waals surface area contributed by atoms with Crippen molar-refractivity contribution in [2.45, 2.75) is 6.42 Å². The van der Waals surface area contributed by atoms with Gasteiger partial charge in [-0.05, 0) is 46.6 Å². The lowest BCUT2D eigenvalue weighted by molar-refractivity contribution is 1.05. The number of nitrogens with zero attached hydrogens (tertiary/aromatic N) is 1. The maximum Gasteiger partial charge on any atom is 0.258 e. The van der Waals surface area contributed by atoms with Gasteiger partial charge in [0.1, 0.15) is 0 Å². The molecule has 0 spiro atoms. The predicted molar refractivity (Wildman–Crippen MR) is 91.0 cm³/mol. The number of nitrogen functional groups attached to an aromatic ring is 1. The first-order valence-corrected chi connectivity index (χ1v) is 7.99. The molecule has 108 valence electrons. The van der Waals surface area contributed by atoms with Gasteiger partial charge in [-0.25, -0.2) is 4.98 Å². The number of nitrogens with two attached hydrogens (primary N) is 1. The van der Waals surface area contributed by atoms with E-state index in [1.54, 1.807) is 17.4 Å². The highest BCUT2D eigenvalue weighted by Gasteiger charge is 2.06. The van der Waals surface area contributed by atoms with Crippen LogP contribution in [0.5, 0.6) is 0 Å². The van der Waals surface area contributed by atoms with Crippen LogP contribution in [-0.2, 0) is 6.42 Å². The number of fused-ring (bicyclic) bond motifs is 1. The number of nitrogens with one attached hydrogen (secondary N) is 2. The number of thiophene rings is 1. The summed E-state index contributed by atoms with van der Waals surface area (Å²) in [5.74, 6) is 0. The van der Waals surface area contributed by atoms with Crippen LogP contribution in [0.1, 0.15) is 4.88 Å². The van der Waals surface area contributed by atoms with Gasteiger partial charge in [0.2, 0.25) is 0 Å². The van der Waals surface area contributed by atoms with Crippen molar-refractivity contribution in [1.29, 1.82) is 0 Å². The third-order valence-corrected chi connectivity index (χ3v) is 4.81.